The van der Waals surface area contributed by atoms with Crippen molar-refractivity contribution in [1.29, 1.82) is 0 Å². The highest BCUT2D eigenvalue weighted by atomic mass is 19.1. The quantitative estimate of drug-likeness (QED) is 0.776. The molecule has 3 N–H and O–H groups in total. The van der Waals surface area contributed by atoms with Crippen molar-refractivity contribution < 1.29 is 4.39 Å². The lowest BCUT2D eigenvalue weighted by Crippen LogP contribution is -2.16. The third kappa shape index (κ3) is 2.45. The van der Waals surface area contributed by atoms with E-state index in [1.54, 1.807) is 6.07 Å². The van der Waals surface area contributed by atoms with E-state index in [1.165, 1.54) is 6.07 Å². The summed E-state index contributed by atoms with van der Waals surface area (Å²) in [5.41, 5.74) is 6.86. The summed E-state index contributed by atoms with van der Waals surface area (Å²) in [7, 11) is 0. The molecule has 0 bridgehead atoms. The van der Waals surface area contributed by atoms with Crippen molar-refractivity contribution in [2.24, 2.45) is 5.73 Å². The number of rotatable bonds is 4. The Hall–Kier alpha value is -1.09. The SMILES string of the molecule is CCC(C)Nc1cccc(F)c1CN. The van der Waals surface area contributed by atoms with Gasteiger partial charge in [-0.25, -0.2) is 4.39 Å². The van der Waals surface area contributed by atoms with E-state index < -0.39 is 0 Å². The van der Waals surface area contributed by atoms with Gasteiger partial charge in [-0.2, -0.15) is 0 Å². The Balaban J connectivity index is 2.90. The Kier molecular flexibility index (Phi) is 3.89. The fraction of sp³-hybridized carbons (Fsp3) is 0.455. The molecular formula is C11H17FN2. The van der Waals surface area contributed by atoms with E-state index in [9.17, 15) is 4.39 Å². The Bertz CT molecular complexity index is 299. The highest BCUT2D eigenvalue weighted by Gasteiger charge is 2.07. The minimum atomic E-state index is -0.235. The molecule has 0 radical (unpaired) electrons. The van der Waals surface area contributed by atoms with Crippen molar-refractivity contribution in [2.45, 2.75) is 32.9 Å². The Morgan fingerprint density at radius 3 is 2.79 bits per heavy atom. The molecule has 1 aromatic rings. The van der Waals surface area contributed by atoms with Crippen LogP contribution in [0.15, 0.2) is 18.2 Å². The minimum Gasteiger partial charge on any atom is -0.382 e. The van der Waals surface area contributed by atoms with E-state index in [0.717, 1.165) is 12.1 Å². The average molecular weight is 196 g/mol. The maximum atomic E-state index is 13.3. The van der Waals surface area contributed by atoms with Crippen LogP contribution in [0.25, 0.3) is 0 Å². The molecule has 0 aliphatic rings. The van der Waals surface area contributed by atoms with Gasteiger partial charge in [-0.3, -0.25) is 0 Å². The van der Waals surface area contributed by atoms with Crippen molar-refractivity contribution >= 4 is 5.69 Å². The van der Waals surface area contributed by atoms with Gasteiger partial charge in [0.2, 0.25) is 0 Å². The summed E-state index contributed by atoms with van der Waals surface area (Å²) in [5.74, 6) is -0.235. The summed E-state index contributed by atoms with van der Waals surface area (Å²) < 4.78 is 13.3. The molecule has 0 amide bonds. The normalized spacial score (nSPS) is 12.6. The minimum absolute atomic E-state index is 0.228. The van der Waals surface area contributed by atoms with Crippen LogP contribution >= 0.6 is 0 Å². The molecule has 1 aromatic carbocycles. The number of hydrogen-bond acceptors (Lipinski definition) is 2. The van der Waals surface area contributed by atoms with Crippen LogP contribution in [-0.2, 0) is 6.54 Å². The van der Waals surface area contributed by atoms with Gasteiger partial charge in [0.25, 0.3) is 0 Å². The first-order valence-electron chi connectivity index (χ1n) is 4.93. The number of anilines is 1. The molecular weight excluding hydrogens is 179 g/mol. The number of nitrogens with two attached hydrogens (primary N) is 1. The highest BCUT2D eigenvalue weighted by Crippen LogP contribution is 2.19. The van der Waals surface area contributed by atoms with E-state index in [1.807, 2.05) is 6.07 Å². The molecule has 1 rings (SSSR count). The maximum Gasteiger partial charge on any atom is 0.129 e. The summed E-state index contributed by atoms with van der Waals surface area (Å²) in [6.45, 7) is 4.37. The molecule has 1 unspecified atom stereocenters. The molecule has 3 heteroatoms. The molecule has 0 aliphatic heterocycles. The van der Waals surface area contributed by atoms with Crippen LogP contribution in [0.2, 0.25) is 0 Å². The lowest BCUT2D eigenvalue weighted by atomic mass is 10.1. The number of hydrogen-bond donors (Lipinski definition) is 2. The van der Waals surface area contributed by atoms with Crippen molar-refractivity contribution in [2.75, 3.05) is 5.32 Å². The molecule has 0 saturated heterocycles. The Labute approximate surface area is 84.3 Å². The molecule has 78 valence electrons. The first kappa shape index (κ1) is 11.0. The molecule has 1 atom stereocenters. The van der Waals surface area contributed by atoms with Crippen LogP contribution in [0.3, 0.4) is 0 Å². The topological polar surface area (TPSA) is 38.0 Å². The molecule has 0 fully saturated rings. The summed E-state index contributed by atoms with van der Waals surface area (Å²) in [5, 5.41) is 3.23. The van der Waals surface area contributed by atoms with E-state index in [0.29, 0.717) is 11.6 Å². The summed E-state index contributed by atoms with van der Waals surface area (Å²) in [4.78, 5) is 0. The Morgan fingerprint density at radius 2 is 2.21 bits per heavy atom. The monoisotopic (exact) mass is 196 g/mol. The predicted octanol–water partition coefficient (Wildman–Crippen LogP) is 2.49. The van der Waals surface area contributed by atoms with Crippen LogP contribution in [-0.4, -0.2) is 6.04 Å². The summed E-state index contributed by atoms with van der Waals surface area (Å²) in [6, 6.07) is 5.32. The first-order valence-corrected chi connectivity index (χ1v) is 4.93. The highest BCUT2D eigenvalue weighted by molar-refractivity contribution is 5.52. The van der Waals surface area contributed by atoms with Gasteiger partial charge >= 0.3 is 0 Å². The van der Waals surface area contributed by atoms with Gasteiger partial charge in [-0.1, -0.05) is 13.0 Å². The number of halogens is 1. The third-order valence-corrected chi connectivity index (χ3v) is 2.34. The van der Waals surface area contributed by atoms with Crippen molar-refractivity contribution in [3.05, 3.63) is 29.6 Å². The third-order valence-electron chi connectivity index (χ3n) is 2.34. The standard InChI is InChI=1S/C11H17FN2/c1-3-8(2)14-11-6-4-5-10(12)9(11)7-13/h4-6,8,14H,3,7,13H2,1-2H3. The number of nitrogens with one attached hydrogen (secondary N) is 1. The molecule has 0 heterocycles. The van der Waals surface area contributed by atoms with Crippen molar-refractivity contribution in [3.63, 3.8) is 0 Å². The van der Waals surface area contributed by atoms with Crippen LogP contribution < -0.4 is 11.1 Å². The lowest BCUT2D eigenvalue weighted by molar-refractivity contribution is 0.610. The van der Waals surface area contributed by atoms with Gasteiger partial charge < -0.3 is 11.1 Å². The van der Waals surface area contributed by atoms with E-state index in [-0.39, 0.29) is 12.4 Å². The van der Waals surface area contributed by atoms with E-state index in [2.05, 4.69) is 19.2 Å². The van der Waals surface area contributed by atoms with Crippen LogP contribution in [0, 0.1) is 5.82 Å². The predicted molar refractivity (Wildman–Crippen MR) is 57.7 cm³/mol. The molecule has 14 heavy (non-hydrogen) atoms. The molecule has 2 nitrogen and oxygen atoms in total. The molecule has 0 aromatic heterocycles. The maximum absolute atomic E-state index is 13.3. The molecule has 0 aliphatic carbocycles. The van der Waals surface area contributed by atoms with Crippen LogP contribution in [0.5, 0.6) is 0 Å². The summed E-state index contributed by atoms with van der Waals surface area (Å²) in [6.07, 6.45) is 1.00. The van der Waals surface area contributed by atoms with Crippen molar-refractivity contribution in [3.8, 4) is 0 Å². The number of benzene rings is 1. The second kappa shape index (κ2) is 4.96. The largest absolute Gasteiger partial charge is 0.382 e. The average Bonchev–Trinajstić information content (AvgIpc) is 2.18. The van der Waals surface area contributed by atoms with Gasteiger partial charge in [0, 0.05) is 23.8 Å². The van der Waals surface area contributed by atoms with Crippen LogP contribution in [0.1, 0.15) is 25.8 Å². The smallest absolute Gasteiger partial charge is 0.129 e. The first-order chi connectivity index (χ1) is 6.69. The molecule has 0 saturated carbocycles. The van der Waals surface area contributed by atoms with Gasteiger partial charge in [-0.15, -0.1) is 0 Å². The van der Waals surface area contributed by atoms with Gasteiger partial charge in [0.1, 0.15) is 5.82 Å². The molecule has 0 spiro atoms. The summed E-state index contributed by atoms with van der Waals surface area (Å²) >= 11 is 0. The van der Waals surface area contributed by atoms with Crippen molar-refractivity contribution in [1.82, 2.24) is 0 Å². The zero-order valence-corrected chi connectivity index (χ0v) is 8.68. The lowest BCUT2D eigenvalue weighted by Gasteiger charge is -2.16. The fourth-order valence-electron chi connectivity index (χ4n) is 1.27. The zero-order chi connectivity index (χ0) is 10.6. The van der Waals surface area contributed by atoms with Gasteiger partial charge in [0.05, 0.1) is 0 Å². The second-order valence-corrected chi connectivity index (χ2v) is 3.42. The fourth-order valence-corrected chi connectivity index (χ4v) is 1.27. The van der Waals surface area contributed by atoms with E-state index in [4.69, 9.17) is 5.73 Å². The van der Waals surface area contributed by atoms with Gasteiger partial charge in [0.15, 0.2) is 0 Å². The Morgan fingerprint density at radius 1 is 1.50 bits per heavy atom. The van der Waals surface area contributed by atoms with Crippen LogP contribution in [0.4, 0.5) is 10.1 Å². The van der Waals surface area contributed by atoms with E-state index >= 15 is 0 Å². The van der Waals surface area contributed by atoms with Gasteiger partial charge in [-0.05, 0) is 25.5 Å². The second-order valence-electron chi connectivity index (χ2n) is 3.42. The zero-order valence-electron chi connectivity index (χ0n) is 8.68.